The van der Waals surface area contributed by atoms with Crippen molar-refractivity contribution in [3.63, 3.8) is 0 Å². The van der Waals surface area contributed by atoms with E-state index in [4.69, 9.17) is 0 Å². The summed E-state index contributed by atoms with van der Waals surface area (Å²) in [6.45, 7) is 7.65. The summed E-state index contributed by atoms with van der Waals surface area (Å²) in [7, 11) is 1.62. The first-order valence-electron chi connectivity index (χ1n) is 7.16. The summed E-state index contributed by atoms with van der Waals surface area (Å²) in [5.41, 5.74) is 3.57. The van der Waals surface area contributed by atoms with Crippen LogP contribution in [0.25, 0.3) is 11.3 Å². The molecule has 1 N–H and O–H groups in total. The van der Waals surface area contributed by atoms with Crippen LogP contribution in [0, 0.1) is 13.8 Å². The molecule has 0 saturated heterocycles. The van der Waals surface area contributed by atoms with Crippen LogP contribution < -0.4 is 5.32 Å². The Balaban J connectivity index is 2.24. The maximum Gasteiger partial charge on any atom is 0.258 e. The van der Waals surface area contributed by atoms with Gasteiger partial charge in [0.15, 0.2) is 5.13 Å². The quantitative estimate of drug-likeness (QED) is 0.509. The van der Waals surface area contributed by atoms with E-state index in [9.17, 15) is 4.79 Å². The van der Waals surface area contributed by atoms with E-state index in [0.717, 1.165) is 16.1 Å². The number of hydrogen-bond acceptors (Lipinski definition) is 4. The van der Waals surface area contributed by atoms with Gasteiger partial charge >= 0.3 is 0 Å². The van der Waals surface area contributed by atoms with Gasteiger partial charge in [0.1, 0.15) is 0 Å². The number of amides is 1. The fourth-order valence-corrected chi connectivity index (χ4v) is 2.87. The lowest BCUT2D eigenvalue weighted by Crippen LogP contribution is -2.15. The van der Waals surface area contributed by atoms with Crippen molar-refractivity contribution in [1.29, 1.82) is 0 Å². The van der Waals surface area contributed by atoms with Crippen LogP contribution >= 0.6 is 11.3 Å². The Morgan fingerprint density at radius 3 is 2.61 bits per heavy atom. The zero-order chi connectivity index (χ0) is 16.8. The first kappa shape index (κ1) is 16.8. The number of carbonyl (C=O) groups excluding carboxylic acids is 1. The number of allylic oxidation sites excluding steroid dienone is 2. The minimum Gasteiger partial charge on any atom is -0.298 e. The third-order valence-electron chi connectivity index (χ3n) is 3.17. The predicted molar refractivity (Wildman–Crippen MR) is 98.3 cm³/mol. The van der Waals surface area contributed by atoms with Crippen LogP contribution in [-0.2, 0) is 4.79 Å². The van der Waals surface area contributed by atoms with Crippen LogP contribution in [0.15, 0.2) is 53.6 Å². The van der Waals surface area contributed by atoms with Crippen molar-refractivity contribution >= 4 is 28.6 Å². The highest BCUT2D eigenvalue weighted by atomic mass is 32.1. The van der Waals surface area contributed by atoms with E-state index >= 15 is 0 Å². The van der Waals surface area contributed by atoms with E-state index in [1.807, 2.05) is 26.0 Å². The zero-order valence-corrected chi connectivity index (χ0v) is 14.3. The van der Waals surface area contributed by atoms with Gasteiger partial charge in [-0.15, -0.1) is 11.3 Å². The SMILES string of the molecule is C=C/C=C(\C=NC)C(=O)Nc1nc(-c2ccc(C)cc2)c(C)s1. The number of aryl methyl sites for hydroxylation is 2. The number of nitrogens with one attached hydrogen (secondary N) is 1. The number of thiazole rings is 1. The Morgan fingerprint density at radius 1 is 1.30 bits per heavy atom. The molecule has 0 radical (unpaired) electrons. The molecule has 2 rings (SSSR count). The van der Waals surface area contributed by atoms with Crippen molar-refractivity contribution in [3.8, 4) is 11.3 Å². The number of hydrogen-bond donors (Lipinski definition) is 1. The molecular weight excluding hydrogens is 306 g/mol. The molecule has 0 fully saturated rings. The molecule has 0 atom stereocenters. The minimum atomic E-state index is -0.250. The molecule has 1 heterocycles. The maximum absolute atomic E-state index is 12.2. The highest BCUT2D eigenvalue weighted by Gasteiger charge is 2.13. The first-order valence-corrected chi connectivity index (χ1v) is 7.97. The lowest BCUT2D eigenvalue weighted by atomic mass is 10.1. The zero-order valence-electron chi connectivity index (χ0n) is 13.5. The molecule has 0 bridgehead atoms. The van der Waals surface area contributed by atoms with Gasteiger partial charge in [0, 0.05) is 23.7 Å². The molecule has 1 aromatic carbocycles. The summed E-state index contributed by atoms with van der Waals surface area (Å²) >= 11 is 1.45. The Bertz CT molecular complexity index is 770. The number of aromatic nitrogens is 1. The Morgan fingerprint density at radius 2 is 2.00 bits per heavy atom. The van der Waals surface area contributed by atoms with E-state index in [-0.39, 0.29) is 5.91 Å². The molecular formula is C18H19N3OS. The molecule has 0 aliphatic carbocycles. The van der Waals surface area contributed by atoms with E-state index < -0.39 is 0 Å². The van der Waals surface area contributed by atoms with E-state index in [1.165, 1.54) is 23.1 Å². The molecule has 23 heavy (non-hydrogen) atoms. The number of benzene rings is 1. The van der Waals surface area contributed by atoms with Gasteiger partial charge < -0.3 is 0 Å². The first-order chi connectivity index (χ1) is 11.0. The van der Waals surface area contributed by atoms with Gasteiger partial charge in [0.2, 0.25) is 0 Å². The van der Waals surface area contributed by atoms with Crippen molar-refractivity contribution in [1.82, 2.24) is 4.98 Å². The Kier molecular flexibility index (Phi) is 5.60. The van der Waals surface area contributed by atoms with Gasteiger partial charge in [0.25, 0.3) is 5.91 Å². The Hall–Kier alpha value is -2.53. The van der Waals surface area contributed by atoms with E-state index in [1.54, 1.807) is 19.2 Å². The third-order valence-corrected chi connectivity index (χ3v) is 4.06. The lowest BCUT2D eigenvalue weighted by molar-refractivity contribution is -0.112. The molecule has 4 nitrogen and oxygen atoms in total. The highest BCUT2D eigenvalue weighted by molar-refractivity contribution is 7.16. The maximum atomic E-state index is 12.2. The summed E-state index contributed by atoms with van der Waals surface area (Å²) in [4.78, 5) is 21.7. The van der Waals surface area contributed by atoms with Crippen LogP contribution in [0.4, 0.5) is 5.13 Å². The van der Waals surface area contributed by atoms with Crippen LogP contribution in [0.1, 0.15) is 10.4 Å². The Labute approximate surface area is 140 Å². The molecule has 2 aromatic rings. The molecule has 1 amide bonds. The van der Waals surface area contributed by atoms with Crippen LogP contribution in [0.5, 0.6) is 0 Å². The molecule has 1 aromatic heterocycles. The van der Waals surface area contributed by atoms with Crippen molar-refractivity contribution in [3.05, 3.63) is 59.0 Å². The third kappa shape index (κ3) is 4.23. The second-order valence-corrected chi connectivity index (χ2v) is 6.19. The van der Waals surface area contributed by atoms with E-state index in [0.29, 0.717) is 10.7 Å². The highest BCUT2D eigenvalue weighted by Crippen LogP contribution is 2.30. The molecule has 5 heteroatoms. The predicted octanol–water partition coefficient (Wildman–Crippen LogP) is 4.18. The summed E-state index contributed by atoms with van der Waals surface area (Å²) < 4.78 is 0. The number of rotatable bonds is 5. The van der Waals surface area contributed by atoms with Crippen molar-refractivity contribution < 1.29 is 4.79 Å². The van der Waals surface area contributed by atoms with Gasteiger partial charge in [-0.1, -0.05) is 42.5 Å². The van der Waals surface area contributed by atoms with Crippen molar-refractivity contribution in [2.45, 2.75) is 13.8 Å². The minimum absolute atomic E-state index is 0.250. The molecule has 0 aliphatic heterocycles. The molecule has 118 valence electrons. The second-order valence-electron chi connectivity index (χ2n) is 4.99. The largest absolute Gasteiger partial charge is 0.298 e. The van der Waals surface area contributed by atoms with Crippen LogP contribution in [-0.4, -0.2) is 24.2 Å². The van der Waals surface area contributed by atoms with Crippen LogP contribution in [0.3, 0.4) is 0 Å². The smallest absolute Gasteiger partial charge is 0.258 e. The standard InChI is InChI=1S/C18H19N3OS/c1-5-6-15(11-19-4)17(22)21-18-20-16(13(3)23-18)14-9-7-12(2)8-10-14/h5-11H,1H2,2-4H3,(H,20,21,22)/b15-6+,19-11?. The topological polar surface area (TPSA) is 54.4 Å². The van der Waals surface area contributed by atoms with Gasteiger partial charge in [-0.25, -0.2) is 4.98 Å². The summed E-state index contributed by atoms with van der Waals surface area (Å²) in [6, 6.07) is 8.18. The summed E-state index contributed by atoms with van der Waals surface area (Å²) in [5.74, 6) is -0.250. The van der Waals surface area contributed by atoms with E-state index in [2.05, 4.69) is 34.0 Å². The van der Waals surface area contributed by atoms with Gasteiger partial charge in [-0.2, -0.15) is 0 Å². The summed E-state index contributed by atoms with van der Waals surface area (Å²) in [5, 5.41) is 3.39. The fourth-order valence-electron chi connectivity index (χ4n) is 2.04. The van der Waals surface area contributed by atoms with Crippen LogP contribution in [0.2, 0.25) is 0 Å². The van der Waals surface area contributed by atoms with Crippen molar-refractivity contribution in [2.75, 3.05) is 12.4 Å². The molecule has 0 spiro atoms. The molecule has 0 aliphatic rings. The average molecular weight is 325 g/mol. The molecule has 0 unspecified atom stereocenters. The average Bonchev–Trinajstić information content (AvgIpc) is 2.88. The second kappa shape index (κ2) is 7.65. The molecule has 0 saturated carbocycles. The number of aliphatic imine (C=N–C) groups is 1. The number of carbonyl (C=O) groups is 1. The monoisotopic (exact) mass is 325 g/mol. The van der Waals surface area contributed by atoms with Crippen molar-refractivity contribution in [2.24, 2.45) is 4.99 Å². The van der Waals surface area contributed by atoms with Gasteiger partial charge in [0.05, 0.1) is 11.3 Å². The fraction of sp³-hybridized carbons (Fsp3) is 0.167. The number of anilines is 1. The van der Waals surface area contributed by atoms with Gasteiger partial charge in [-0.3, -0.25) is 15.1 Å². The lowest BCUT2D eigenvalue weighted by Gasteiger charge is -2.01. The number of nitrogens with zero attached hydrogens (tertiary/aromatic N) is 2. The summed E-state index contributed by atoms with van der Waals surface area (Å²) in [6.07, 6.45) is 4.67. The van der Waals surface area contributed by atoms with Gasteiger partial charge in [-0.05, 0) is 19.9 Å². The normalized spacial score (nSPS) is 11.7.